The van der Waals surface area contributed by atoms with Crippen molar-refractivity contribution in [1.82, 2.24) is 20.1 Å². The fourth-order valence-corrected chi connectivity index (χ4v) is 12.3. The molecule has 6 aromatic rings. The van der Waals surface area contributed by atoms with Crippen molar-refractivity contribution >= 4 is 67.0 Å². The summed E-state index contributed by atoms with van der Waals surface area (Å²) >= 11 is 0. The summed E-state index contributed by atoms with van der Waals surface area (Å²) in [5.41, 5.74) is 5.29. The Morgan fingerprint density at radius 1 is 0.570 bits per heavy atom. The second kappa shape index (κ2) is 25.4. The molecule has 6 amide bonds. The third kappa shape index (κ3) is 13.9. The standard InChI is InChI=1S/C58H66N8O11S2/c1-6-63(46-23-27-48(28-24-46)75-7-2)55(67)51(36-42-17-11-9-12-18-42)59-57(69)62-79(73,74)65-34-32-45-38-50(35-40(4)54(45)65)77-39-41(5)66(47-25-29-49(30-26-47)76-8-3)56(68)52(37-43-19-13-10-14-20-43)60-58(70)61-78(71,72)64-33-31-44-21-15-16-22-53(44)64/h9-30,35,38,41,51-52H,6-8,31-34,36-37,39H2,1-5H3,(H2,59,62,69)(H2,60,61,70)/t41?,51-,52-/m0/s1. The van der Waals surface area contributed by atoms with E-state index in [9.17, 15) is 31.2 Å². The first-order valence-corrected chi connectivity index (χ1v) is 29.1. The van der Waals surface area contributed by atoms with Gasteiger partial charge in [0.05, 0.1) is 30.6 Å². The molecule has 0 radical (unpaired) electrons. The lowest BCUT2D eigenvalue weighted by Gasteiger charge is -2.33. The van der Waals surface area contributed by atoms with E-state index in [4.69, 9.17) is 14.2 Å². The van der Waals surface area contributed by atoms with Gasteiger partial charge in [0.15, 0.2) is 0 Å². The predicted molar refractivity (Wildman–Crippen MR) is 304 cm³/mol. The van der Waals surface area contributed by atoms with Gasteiger partial charge in [-0.1, -0.05) is 78.9 Å². The number of carbonyl (C=O) groups is 4. The third-order valence-corrected chi connectivity index (χ3v) is 16.3. The molecular formula is C58H66N8O11S2. The number of hydrogen-bond donors (Lipinski definition) is 4. The number of aryl methyl sites for hydroxylation is 1. The van der Waals surface area contributed by atoms with Crippen LogP contribution >= 0.6 is 0 Å². The quantitative estimate of drug-likeness (QED) is 0.0495. The van der Waals surface area contributed by atoms with Crippen LogP contribution in [0.25, 0.3) is 0 Å². The first-order chi connectivity index (χ1) is 38.0. The maximum atomic E-state index is 15.1. The summed E-state index contributed by atoms with van der Waals surface area (Å²) < 4.78 is 79.7. The van der Waals surface area contributed by atoms with Crippen LogP contribution in [0, 0.1) is 6.92 Å². The first kappa shape index (κ1) is 56.9. The lowest BCUT2D eigenvalue weighted by atomic mass is 10.0. The highest BCUT2D eigenvalue weighted by atomic mass is 32.2. The summed E-state index contributed by atoms with van der Waals surface area (Å²) in [4.78, 5) is 59.8. The Kier molecular flexibility index (Phi) is 18.3. The normalized spacial score (nSPS) is 13.9. The van der Waals surface area contributed by atoms with Crippen molar-refractivity contribution in [3.05, 3.63) is 173 Å². The number of ether oxygens (including phenoxy) is 3. The number of nitrogens with zero attached hydrogens (tertiary/aromatic N) is 4. The van der Waals surface area contributed by atoms with E-state index in [1.807, 2.05) is 69.3 Å². The molecule has 3 atom stereocenters. The van der Waals surface area contributed by atoms with Crippen LogP contribution in [0.15, 0.2) is 146 Å². The maximum Gasteiger partial charge on any atom is 0.330 e. The van der Waals surface area contributed by atoms with Crippen molar-refractivity contribution in [2.24, 2.45) is 0 Å². The molecular weight excluding hydrogens is 1050 g/mol. The topological polar surface area (TPSA) is 225 Å². The maximum absolute atomic E-state index is 15.1. The van der Waals surface area contributed by atoms with Gasteiger partial charge in [-0.25, -0.2) is 19.0 Å². The minimum atomic E-state index is -4.52. The van der Waals surface area contributed by atoms with Gasteiger partial charge in [-0.15, -0.1) is 0 Å². The number of anilines is 4. The highest BCUT2D eigenvalue weighted by molar-refractivity contribution is 7.91. The average Bonchev–Trinajstić information content (AvgIpc) is 4.11. The largest absolute Gasteiger partial charge is 0.494 e. The molecule has 0 bridgehead atoms. The minimum absolute atomic E-state index is 0.00238. The van der Waals surface area contributed by atoms with Gasteiger partial charge in [0, 0.05) is 43.9 Å². The van der Waals surface area contributed by atoms with Crippen molar-refractivity contribution in [2.45, 2.75) is 78.4 Å². The number of likely N-dealkylation sites (N-methyl/N-ethyl adjacent to an activating group) is 1. The molecule has 2 aliphatic rings. The number of urea groups is 2. The van der Waals surface area contributed by atoms with E-state index in [2.05, 4.69) is 20.1 Å². The monoisotopic (exact) mass is 1110 g/mol. The van der Waals surface area contributed by atoms with Crippen molar-refractivity contribution < 1.29 is 50.2 Å². The zero-order chi connectivity index (χ0) is 56.3. The number of carbonyl (C=O) groups excluding carboxylic acids is 4. The molecule has 19 nitrogen and oxygen atoms in total. The predicted octanol–water partition coefficient (Wildman–Crippen LogP) is 7.38. The molecule has 1 unspecified atom stereocenters. The number of fused-ring (bicyclic) bond motifs is 2. The van der Waals surface area contributed by atoms with Gasteiger partial charge in [0.1, 0.15) is 35.9 Å². The number of rotatable bonds is 23. The minimum Gasteiger partial charge on any atom is -0.494 e. The number of nitrogens with one attached hydrogen (secondary N) is 4. The Hall–Kier alpha value is -8.30. The van der Waals surface area contributed by atoms with Gasteiger partial charge in [-0.05, 0) is 142 Å². The first-order valence-electron chi connectivity index (χ1n) is 26.2. The Morgan fingerprint density at radius 3 is 1.62 bits per heavy atom. The van der Waals surface area contributed by atoms with Crippen molar-refractivity contribution in [2.75, 3.05) is 57.9 Å². The molecule has 0 aromatic heterocycles. The van der Waals surface area contributed by atoms with Crippen LogP contribution < -0.4 is 52.7 Å². The number of hydrogen-bond acceptors (Lipinski definition) is 11. The molecule has 0 fully saturated rings. The second-order valence-electron chi connectivity index (χ2n) is 19.0. The van der Waals surface area contributed by atoms with Crippen LogP contribution in [0.4, 0.5) is 32.3 Å². The van der Waals surface area contributed by atoms with E-state index in [0.717, 1.165) is 19.7 Å². The summed E-state index contributed by atoms with van der Waals surface area (Å²) in [6.07, 6.45) is 0.848. The lowest BCUT2D eigenvalue weighted by molar-refractivity contribution is -0.121. The van der Waals surface area contributed by atoms with Crippen LogP contribution in [0.5, 0.6) is 17.2 Å². The highest BCUT2D eigenvalue weighted by Crippen LogP contribution is 2.37. The van der Waals surface area contributed by atoms with E-state index < -0.39 is 62.4 Å². The van der Waals surface area contributed by atoms with Gasteiger partial charge in [0.2, 0.25) is 11.8 Å². The number of amides is 6. The van der Waals surface area contributed by atoms with E-state index in [-0.39, 0.29) is 45.5 Å². The molecule has 21 heteroatoms. The van der Waals surface area contributed by atoms with E-state index in [0.29, 0.717) is 76.3 Å². The van der Waals surface area contributed by atoms with E-state index >= 15 is 4.79 Å². The van der Waals surface area contributed by atoms with Gasteiger partial charge in [0.25, 0.3) is 0 Å². The van der Waals surface area contributed by atoms with Crippen LogP contribution in [0.2, 0.25) is 0 Å². The van der Waals surface area contributed by atoms with Gasteiger partial charge in [-0.3, -0.25) is 18.2 Å². The molecule has 0 aliphatic carbocycles. The smallest absolute Gasteiger partial charge is 0.330 e. The van der Waals surface area contributed by atoms with Crippen molar-refractivity contribution in [3.8, 4) is 17.2 Å². The van der Waals surface area contributed by atoms with Crippen molar-refractivity contribution in [3.63, 3.8) is 0 Å². The summed E-state index contributed by atoms with van der Waals surface area (Å²) in [5, 5.41) is 5.32. The second-order valence-corrected chi connectivity index (χ2v) is 22.2. The molecule has 6 aromatic carbocycles. The zero-order valence-corrected chi connectivity index (χ0v) is 46.4. The van der Waals surface area contributed by atoms with Crippen molar-refractivity contribution in [1.29, 1.82) is 0 Å². The lowest BCUT2D eigenvalue weighted by Crippen LogP contribution is -2.57. The molecule has 4 N–H and O–H groups in total. The van der Waals surface area contributed by atoms with E-state index in [1.54, 1.807) is 111 Å². The fourth-order valence-electron chi connectivity index (χ4n) is 9.87. The van der Waals surface area contributed by atoms with Crippen LogP contribution in [-0.4, -0.2) is 98.3 Å². The molecule has 2 aliphatic heterocycles. The van der Waals surface area contributed by atoms with Crippen LogP contribution in [-0.2, 0) is 55.7 Å². The molecule has 416 valence electrons. The molecule has 0 saturated carbocycles. The Labute approximate surface area is 462 Å². The number of para-hydroxylation sites is 1. The van der Waals surface area contributed by atoms with Gasteiger partial charge >= 0.3 is 32.5 Å². The van der Waals surface area contributed by atoms with Gasteiger partial charge in [-0.2, -0.15) is 16.8 Å². The number of benzene rings is 6. The third-order valence-electron chi connectivity index (χ3n) is 13.5. The van der Waals surface area contributed by atoms with Crippen LogP contribution in [0.3, 0.4) is 0 Å². The Balaban J connectivity index is 0.981. The molecule has 2 heterocycles. The summed E-state index contributed by atoms with van der Waals surface area (Å²) in [5.74, 6) is 0.587. The summed E-state index contributed by atoms with van der Waals surface area (Å²) in [7, 11) is -8.89. The molecule has 0 saturated heterocycles. The summed E-state index contributed by atoms with van der Waals surface area (Å²) in [6, 6.07) is 37.1. The average molecular weight is 1120 g/mol. The summed E-state index contributed by atoms with van der Waals surface area (Å²) in [6.45, 7) is 10.2. The highest BCUT2D eigenvalue weighted by Gasteiger charge is 2.37. The molecule has 0 spiro atoms. The molecule has 8 rings (SSSR count). The SMILES string of the molecule is CCOc1ccc(N(CC)C(=O)[C@H](Cc2ccccc2)NC(=O)NS(=O)(=O)N2CCc3cc(OCC(C)N(C(=O)[C@H](Cc4ccccc4)NC(=O)NS(=O)(=O)N4CCc5ccccc54)c4ccc(OCC)cc4)cc(C)c32)cc1. The van der Waals surface area contributed by atoms with Crippen LogP contribution in [0.1, 0.15) is 55.5 Å². The Bertz CT molecular complexity index is 3340. The fraction of sp³-hybridized carbons (Fsp3) is 0.310. The van der Waals surface area contributed by atoms with E-state index in [1.165, 1.54) is 9.80 Å². The zero-order valence-electron chi connectivity index (χ0n) is 44.8. The molecule has 79 heavy (non-hydrogen) atoms. The van der Waals surface area contributed by atoms with Gasteiger partial charge < -0.3 is 34.6 Å². The Morgan fingerprint density at radius 2 is 1.06 bits per heavy atom.